The molecule has 186 valence electrons. The van der Waals surface area contributed by atoms with Gasteiger partial charge < -0.3 is 4.74 Å². The lowest BCUT2D eigenvalue weighted by Gasteiger charge is -2.15. The van der Waals surface area contributed by atoms with E-state index in [-0.39, 0.29) is 21.9 Å². The average Bonchev–Trinajstić information content (AvgIpc) is 2.77. The predicted molar refractivity (Wildman–Crippen MR) is 115 cm³/mol. The molecule has 0 aliphatic rings. The Morgan fingerprint density at radius 2 is 1.80 bits per heavy atom. The molecular formula is C21H17ClF5N5O3. The van der Waals surface area contributed by atoms with Crippen LogP contribution in [0.1, 0.15) is 43.3 Å². The number of aromatic nitrogens is 4. The quantitative estimate of drug-likeness (QED) is 0.484. The number of nitrogens with zero attached hydrogens (tertiary/aromatic N) is 4. The Labute approximate surface area is 199 Å². The highest BCUT2D eigenvalue weighted by atomic mass is 35.5. The second-order valence-corrected chi connectivity index (χ2v) is 7.17. The topological polar surface area (TPSA) is 114 Å². The molecule has 1 aromatic carbocycles. The van der Waals surface area contributed by atoms with E-state index in [4.69, 9.17) is 21.6 Å². The van der Waals surface area contributed by atoms with Crippen LogP contribution in [0.15, 0.2) is 40.2 Å². The number of rotatable bonds is 5. The lowest BCUT2D eigenvalue weighted by Crippen LogP contribution is -2.29. The van der Waals surface area contributed by atoms with Crippen molar-refractivity contribution in [2.45, 2.75) is 39.4 Å². The molecule has 0 radical (unpaired) electrons. The van der Waals surface area contributed by atoms with Crippen LogP contribution in [0.2, 0.25) is 5.02 Å². The van der Waals surface area contributed by atoms with E-state index >= 15 is 0 Å². The number of hydrogen-bond acceptors (Lipinski definition) is 6. The first kappa shape index (κ1) is 27.5. The molecule has 0 unspecified atom stereocenters. The highest BCUT2D eigenvalue weighted by Crippen LogP contribution is 2.35. The Kier molecular flexibility index (Phi) is 8.35. The molecule has 35 heavy (non-hydrogen) atoms. The van der Waals surface area contributed by atoms with E-state index in [1.807, 2.05) is 18.9 Å². The molecule has 0 saturated heterocycles. The van der Waals surface area contributed by atoms with E-state index < -0.39 is 46.9 Å². The molecule has 0 bridgehead atoms. The first-order valence-corrected chi connectivity index (χ1v) is 10.2. The lowest BCUT2D eigenvalue weighted by molar-refractivity contribution is -0.142. The van der Waals surface area contributed by atoms with Crippen LogP contribution in [0.25, 0.3) is 0 Å². The van der Waals surface area contributed by atoms with Crippen LogP contribution < -0.4 is 15.9 Å². The summed E-state index contributed by atoms with van der Waals surface area (Å²) in [5.41, 5.74) is -5.23. The summed E-state index contributed by atoms with van der Waals surface area (Å²) in [6.07, 6.45) is -4.60. The van der Waals surface area contributed by atoms with Gasteiger partial charge in [-0.1, -0.05) is 25.4 Å². The van der Waals surface area contributed by atoms with E-state index in [0.29, 0.717) is 17.8 Å². The van der Waals surface area contributed by atoms with Crippen molar-refractivity contribution in [1.82, 2.24) is 19.7 Å². The molecular weight excluding hydrogens is 501 g/mol. The number of hydrogen-bond donors (Lipinski definition) is 1. The number of halogens is 6. The highest BCUT2D eigenvalue weighted by Gasteiger charge is 2.39. The third-order valence-electron chi connectivity index (χ3n) is 4.16. The monoisotopic (exact) mass is 517 g/mol. The summed E-state index contributed by atoms with van der Waals surface area (Å²) >= 11 is 5.81. The number of H-pyrrole nitrogens is 1. The predicted octanol–water partition coefficient (Wildman–Crippen LogP) is 4.85. The fourth-order valence-electron chi connectivity index (χ4n) is 2.65. The van der Waals surface area contributed by atoms with Gasteiger partial charge in [0.15, 0.2) is 5.69 Å². The van der Waals surface area contributed by atoms with Gasteiger partial charge in [-0.05, 0) is 24.3 Å². The van der Waals surface area contributed by atoms with Gasteiger partial charge in [-0.2, -0.15) is 32.3 Å². The second-order valence-electron chi connectivity index (χ2n) is 6.74. The molecule has 0 atom stereocenters. The summed E-state index contributed by atoms with van der Waals surface area (Å²) in [7, 11) is 0. The van der Waals surface area contributed by atoms with Crippen LogP contribution in [0.3, 0.4) is 0 Å². The number of nitriles is 1. The van der Waals surface area contributed by atoms with Crippen LogP contribution in [-0.4, -0.2) is 19.7 Å². The van der Waals surface area contributed by atoms with Crippen molar-refractivity contribution in [3.8, 4) is 17.6 Å². The number of nitrogens with one attached hydrogen (secondary N) is 1. The average molecular weight is 518 g/mol. The van der Waals surface area contributed by atoms with Crippen LogP contribution in [0.5, 0.6) is 11.5 Å². The van der Waals surface area contributed by atoms with Gasteiger partial charge >= 0.3 is 6.18 Å². The zero-order chi connectivity index (χ0) is 26.6. The Bertz CT molecular complexity index is 1370. The van der Waals surface area contributed by atoms with Crippen molar-refractivity contribution in [2.24, 2.45) is 0 Å². The van der Waals surface area contributed by atoms with Gasteiger partial charge in [0.1, 0.15) is 11.4 Å². The Hall–Kier alpha value is -3.79. The van der Waals surface area contributed by atoms with Gasteiger partial charge in [-0.15, -0.1) is 0 Å². The normalized spacial score (nSPS) is 11.3. The van der Waals surface area contributed by atoms with Crippen molar-refractivity contribution in [3.63, 3.8) is 0 Å². The van der Waals surface area contributed by atoms with Crippen molar-refractivity contribution < 1.29 is 26.7 Å². The highest BCUT2D eigenvalue weighted by molar-refractivity contribution is 6.30. The van der Waals surface area contributed by atoms with E-state index in [1.165, 1.54) is 6.07 Å². The maximum absolute atomic E-state index is 13.5. The van der Waals surface area contributed by atoms with E-state index in [9.17, 15) is 31.5 Å². The van der Waals surface area contributed by atoms with Gasteiger partial charge in [0.25, 0.3) is 17.0 Å². The minimum Gasteiger partial charge on any atom is -0.449 e. The molecule has 2 aromatic heterocycles. The maximum atomic E-state index is 13.5. The van der Waals surface area contributed by atoms with Gasteiger partial charge in [0.2, 0.25) is 5.75 Å². The largest absolute Gasteiger partial charge is 0.449 e. The number of aromatic amines is 1. The van der Waals surface area contributed by atoms with Crippen molar-refractivity contribution >= 4 is 11.6 Å². The smallest absolute Gasteiger partial charge is 0.437 e. The van der Waals surface area contributed by atoms with Crippen LogP contribution in [-0.2, 0) is 18.6 Å². The second kappa shape index (κ2) is 10.6. The fourth-order valence-corrected chi connectivity index (χ4v) is 2.88. The molecule has 2 heterocycles. The summed E-state index contributed by atoms with van der Waals surface area (Å²) in [4.78, 5) is 28.0. The summed E-state index contributed by atoms with van der Waals surface area (Å²) in [5, 5.41) is 14.0. The molecule has 0 aliphatic carbocycles. The summed E-state index contributed by atoms with van der Waals surface area (Å²) in [6, 6.07) is 5.79. The molecule has 0 saturated carbocycles. The Morgan fingerprint density at radius 3 is 2.37 bits per heavy atom. The molecule has 0 amide bonds. The van der Waals surface area contributed by atoms with Gasteiger partial charge in [0.05, 0.1) is 24.5 Å². The van der Waals surface area contributed by atoms with Crippen molar-refractivity contribution in [2.75, 3.05) is 0 Å². The van der Waals surface area contributed by atoms with Gasteiger partial charge in [0, 0.05) is 17.5 Å². The lowest BCUT2D eigenvalue weighted by atomic mass is 10.2. The number of benzene rings is 1. The zero-order valence-corrected chi connectivity index (χ0v) is 19.1. The summed E-state index contributed by atoms with van der Waals surface area (Å²) < 4.78 is 73.1. The molecule has 8 nitrogen and oxygen atoms in total. The molecule has 0 aliphatic heterocycles. The SMILES string of the molecule is CC.CC(F)(F)c1cc(Cn2cnc(C(F)(F)F)c(Oc3cc(Cl)cc(C#N)c3)c2=O)c(=O)[nH]n1. The van der Waals surface area contributed by atoms with E-state index in [2.05, 4.69) is 10.1 Å². The molecule has 0 fully saturated rings. The minimum absolute atomic E-state index is 0.0434. The standard InChI is InChI=1S/C19H11ClF5N5O3.C2H6/c1-18(21,22)13-4-10(16(31)29-28-13)7-30-8-27-15(19(23,24)25)14(17(30)32)33-12-3-9(6-26)2-11(20)5-12;1-2/h2-5,8H,7H2,1H3,(H,29,31);1-2H3. The number of ether oxygens (including phenoxy) is 1. The van der Waals surface area contributed by atoms with Gasteiger partial charge in [-0.25, -0.2) is 10.1 Å². The summed E-state index contributed by atoms with van der Waals surface area (Å²) in [6.45, 7) is 3.82. The molecule has 1 N–H and O–H groups in total. The van der Waals surface area contributed by atoms with Crippen molar-refractivity contribution in [3.05, 3.63) is 78.8 Å². The van der Waals surface area contributed by atoms with Crippen LogP contribution in [0, 0.1) is 11.3 Å². The Morgan fingerprint density at radius 1 is 1.14 bits per heavy atom. The molecule has 14 heteroatoms. The third-order valence-corrected chi connectivity index (χ3v) is 4.37. The van der Waals surface area contributed by atoms with Crippen LogP contribution in [0.4, 0.5) is 22.0 Å². The zero-order valence-electron chi connectivity index (χ0n) is 18.4. The minimum atomic E-state index is -5.10. The van der Waals surface area contributed by atoms with E-state index in [0.717, 1.165) is 18.2 Å². The Balaban J connectivity index is 0.00000210. The third kappa shape index (κ3) is 6.63. The van der Waals surface area contributed by atoms with Crippen LogP contribution >= 0.6 is 11.6 Å². The number of alkyl halides is 5. The van der Waals surface area contributed by atoms with Gasteiger partial charge in [-0.3, -0.25) is 14.2 Å². The maximum Gasteiger partial charge on any atom is 0.437 e. The van der Waals surface area contributed by atoms with E-state index in [1.54, 1.807) is 6.07 Å². The fraction of sp³-hybridized carbons (Fsp3) is 0.286. The molecule has 3 rings (SSSR count). The molecule has 3 aromatic rings. The first-order valence-electron chi connectivity index (χ1n) is 9.81. The molecule has 0 spiro atoms. The first-order chi connectivity index (χ1) is 16.3. The summed E-state index contributed by atoms with van der Waals surface area (Å²) in [5.74, 6) is -5.04. The van der Waals surface area contributed by atoms with Crippen molar-refractivity contribution in [1.29, 1.82) is 5.26 Å².